The Hall–Kier alpha value is -0.650. The van der Waals surface area contributed by atoms with E-state index in [9.17, 15) is 5.11 Å². The highest BCUT2D eigenvalue weighted by atomic mass is 79.9. The number of aliphatic hydroxyl groups excluding tert-OH is 1. The molecule has 1 aliphatic rings. The molecule has 4 nitrogen and oxygen atoms in total. The first-order valence-electron chi connectivity index (χ1n) is 5.82. The van der Waals surface area contributed by atoms with Gasteiger partial charge in [-0.3, -0.25) is 0 Å². The van der Waals surface area contributed by atoms with Crippen LogP contribution >= 0.6 is 15.9 Å². The predicted octanol–water partition coefficient (Wildman–Crippen LogP) is 1.48. The summed E-state index contributed by atoms with van der Waals surface area (Å²) in [4.78, 5) is 9.04. The van der Waals surface area contributed by atoms with Crippen LogP contribution in [0, 0.1) is 0 Å². The molecule has 0 saturated carbocycles. The third kappa shape index (κ3) is 2.78. The van der Waals surface area contributed by atoms with Gasteiger partial charge in [-0.05, 0) is 36.0 Å². The van der Waals surface area contributed by atoms with E-state index < -0.39 is 0 Å². The summed E-state index contributed by atoms with van der Waals surface area (Å²) in [5, 5.41) is 9.41. The third-order valence-electron chi connectivity index (χ3n) is 3.18. The molecule has 0 bridgehead atoms. The highest BCUT2D eigenvalue weighted by Crippen LogP contribution is 2.24. The Morgan fingerprint density at radius 2 is 2.29 bits per heavy atom. The fourth-order valence-corrected chi connectivity index (χ4v) is 2.68. The quantitative estimate of drug-likeness (QED) is 0.898. The van der Waals surface area contributed by atoms with Crippen LogP contribution in [0.4, 0.5) is 5.82 Å². The molecule has 1 aromatic rings. The van der Waals surface area contributed by atoms with Gasteiger partial charge < -0.3 is 14.9 Å². The minimum absolute atomic E-state index is 0.0286. The van der Waals surface area contributed by atoms with Gasteiger partial charge in [0.15, 0.2) is 0 Å². The topological polar surface area (TPSA) is 39.6 Å². The molecule has 1 aliphatic heterocycles. The van der Waals surface area contributed by atoms with Crippen molar-refractivity contribution in [3.05, 3.63) is 22.3 Å². The van der Waals surface area contributed by atoms with Crippen molar-refractivity contribution >= 4 is 21.7 Å². The van der Waals surface area contributed by atoms with Gasteiger partial charge in [0, 0.05) is 41.9 Å². The van der Waals surface area contributed by atoms with Crippen molar-refractivity contribution in [3.63, 3.8) is 0 Å². The lowest BCUT2D eigenvalue weighted by Gasteiger charge is -2.39. The SMILES string of the molecule is CC1CN(C)CCN1c1ncc(Br)cc1CO. The molecule has 94 valence electrons. The molecule has 1 N–H and O–H groups in total. The second kappa shape index (κ2) is 5.33. The zero-order valence-electron chi connectivity index (χ0n) is 10.2. The number of aliphatic hydroxyl groups is 1. The number of hydrogen-bond donors (Lipinski definition) is 1. The Labute approximate surface area is 110 Å². The Morgan fingerprint density at radius 3 is 2.94 bits per heavy atom. The summed E-state index contributed by atoms with van der Waals surface area (Å²) in [6.45, 7) is 5.25. The highest BCUT2D eigenvalue weighted by molar-refractivity contribution is 9.10. The van der Waals surface area contributed by atoms with Gasteiger partial charge in [-0.25, -0.2) is 4.98 Å². The van der Waals surface area contributed by atoms with Crippen molar-refractivity contribution in [3.8, 4) is 0 Å². The maximum atomic E-state index is 9.41. The normalized spacial score (nSPS) is 21.9. The Morgan fingerprint density at radius 1 is 1.53 bits per heavy atom. The van der Waals surface area contributed by atoms with Crippen LogP contribution in [0.25, 0.3) is 0 Å². The molecule has 0 amide bonds. The van der Waals surface area contributed by atoms with Gasteiger partial charge in [0.25, 0.3) is 0 Å². The van der Waals surface area contributed by atoms with Crippen LogP contribution in [0.5, 0.6) is 0 Å². The molecule has 1 atom stereocenters. The van der Waals surface area contributed by atoms with E-state index in [-0.39, 0.29) is 6.61 Å². The molecule has 5 heteroatoms. The molecule has 0 aliphatic carbocycles. The molecule has 1 unspecified atom stereocenters. The molecule has 0 aromatic carbocycles. The van der Waals surface area contributed by atoms with Crippen LogP contribution in [-0.2, 0) is 6.61 Å². The van der Waals surface area contributed by atoms with E-state index >= 15 is 0 Å². The molecule has 17 heavy (non-hydrogen) atoms. The van der Waals surface area contributed by atoms with E-state index in [1.54, 1.807) is 6.20 Å². The molecule has 0 radical (unpaired) electrons. The average Bonchev–Trinajstić information content (AvgIpc) is 2.30. The number of hydrogen-bond acceptors (Lipinski definition) is 4. The fourth-order valence-electron chi connectivity index (χ4n) is 2.30. The van der Waals surface area contributed by atoms with Crippen LogP contribution in [0.15, 0.2) is 16.7 Å². The maximum absolute atomic E-state index is 9.41. The third-order valence-corrected chi connectivity index (χ3v) is 3.62. The Bertz CT molecular complexity index is 399. The predicted molar refractivity (Wildman–Crippen MR) is 72.2 cm³/mol. The summed E-state index contributed by atoms with van der Waals surface area (Å²) in [5.41, 5.74) is 0.885. The van der Waals surface area contributed by atoms with Crippen molar-refractivity contribution < 1.29 is 5.11 Å². The molecular formula is C12H18BrN3O. The van der Waals surface area contributed by atoms with Crippen LogP contribution in [0.1, 0.15) is 12.5 Å². The zero-order valence-corrected chi connectivity index (χ0v) is 11.8. The Balaban J connectivity index is 2.27. The van der Waals surface area contributed by atoms with E-state index in [0.717, 1.165) is 35.5 Å². The van der Waals surface area contributed by atoms with Crippen molar-refractivity contribution in [1.29, 1.82) is 0 Å². The zero-order chi connectivity index (χ0) is 12.4. The number of pyridine rings is 1. The van der Waals surface area contributed by atoms with E-state index in [1.165, 1.54) is 0 Å². The number of aromatic nitrogens is 1. The van der Waals surface area contributed by atoms with Crippen molar-refractivity contribution in [2.75, 3.05) is 31.6 Å². The minimum Gasteiger partial charge on any atom is -0.392 e. The number of rotatable bonds is 2. The highest BCUT2D eigenvalue weighted by Gasteiger charge is 2.24. The van der Waals surface area contributed by atoms with E-state index in [0.29, 0.717) is 6.04 Å². The van der Waals surface area contributed by atoms with E-state index in [2.05, 4.69) is 44.7 Å². The maximum Gasteiger partial charge on any atom is 0.134 e. The second-order valence-electron chi connectivity index (χ2n) is 4.60. The molecular weight excluding hydrogens is 282 g/mol. The molecule has 2 heterocycles. The van der Waals surface area contributed by atoms with E-state index in [4.69, 9.17) is 0 Å². The molecule has 1 saturated heterocycles. The molecule has 0 spiro atoms. The number of likely N-dealkylation sites (N-methyl/N-ethyl adjacent to an activating group) is 1. The Kier molecular flexibility index (Phi) is 4.01. The summed E-state index contributed by atoms with van der Waals surface area (Å²) in [6, 6.07) is 2.36. The first-order chi connectivity index (χ1) is 8.11. The minimum atomic E-state index is 0.0286. The van der Waals surface area contributed by atoms with Gasteiger partial charge in [-0.2, -0.15) is 0 Å². The lowest BCUT2D eigenvalue weighted by atomic mass is 10.1. The monoisotopic (exact) mass is 299 g/mol. The summed E-state index contributed by atoms with van der Waals surface area (Å²) in [5.74, 6) is 0.913. The van der Waals surface area contributed by atoms with Gasteiger partial charge in [0.2, 0.25) is 0 Å². The summed E-state index contributed by atoms with van der Waals surface area (Å²) in [6.07, 6.45) is 1.79. The molecule has 1 fully saturated rings. The van der Waals surface area contributed by atoms with Gasteiger partial charge in [-0.15, -0.1) is 0 Å². The van der Waals surface area contributed by atoms with Crippen LogP contribution in [0.3, 0.4) is 0 Å². The average molecular weight is 300 g/mol. The van der Waals surface area contributed by atoms with Crippen molar-refractivity contribution in [2.45, 2.75) is 19.6 Å². The molecule has 1 aromatic heterocycles. The van der Waals surface area contributed by atoms with Crippen LogP contribution in [-0.4, -0.2) is 47.7 Å². The lowest BCUT2D eigenvalue weighted by Crippen LogP contribution is -2.51. The fraction of sp³-hybridized carbons (Fsp3) is 0.583. The van der Waals surface area contributed by atoms with Gasteiger partial charge in [0.05, 0.1) is 6.61 Å². The van der Waals surface area contributed by atoms with Crippen LogP contribution < -0.4 is 4.90 Å². The first-order valence-corrected chi connectivity index (χ1v) is 6.61. The number of piperazine rings is 1. The smallest absolute Gasteiger partial charge is 0.134 e. The van der Waals surface area contributed by atoms with Crippen molar-refractivity contribution in [2.24, 2.45) is 0 Å². The first kappa shape index (κ1) is 12.8. The largest absolute Gasteiger partial charge is 0.392 e. The van der Waals surface area contributed by atoms with Crippen LogP contribution in [0.2, 0.25) is 0 Å². The second-order valence-corrected chi connectivity index (χ2v) is 5.51. The number of nitrogens with zero attached hydrogens (tertiary/aromatic N) is 3. The van der Waals surface area contributed by atoms with Gasteiger partial charge in [0.1, 0.15) is 5.82 Å². The number of halogens is 1. The molecule has 2 rings (SSSR count). The summed E-state index contributed by atoms with van der Waals surface area (Å²) < 4.78 is 0.909. The van der Waals surface area contributed by atoms with Gasteiger partial charge in [-0.1, -0.05) is 0 Å². The summed E-state index contributed by atoms with van der Waals surface area (Å²) in [7, 11) is 2.13. The summed E-state index contributed by atoms with van der Waals surface area (Å²) >= 11 is 3.39. The number of anilines is 1. The lowest BCUT2D eigenvalue weighted by molar-refractivity contribution is 0.267. The standard InChI is InChI=1S/C12H18BrN3O/c1-9-7-15(2)3-4-16(9)12-10(8-17)5-11(13)6-14-12/h5-6,9,17H,3-4,7-8H2,1-2H3. The van der Waals surface area contributed by atoms with Crippen molar-refractivity contribution in [1.82, 2.24) is 9.88 Å². The van der Waals surface area contributed by atoms with Gasteiger partial charge >= 0.3 is 0 Å². The van der Waals surface area contributed by atoms with E-state index in [1.807, 2.05) is 6.07 Å².